The Bertz CT molecular complexity index is 529. The second-order valence-corrected chi connectivity index (χ2v) is 6.29. The number of carboxylic acids is 1. The van der Waals surface area contributed by atoms with Gasteiger partial charge in [0.1, 0.15) is 0 Å². The highest BCUT2D eigenvalue weighted by molar-refractivity contribution is 6.31. The van der Waals surface area contributed by atoms with E-state index in [1.807, 2.05) is 25.5 Å². The number of likely N-dealkylation sites (tertiary alicyclic amines) is 1. The molecule has 0 spiro atoms. The molecule has 1 aliphatic heterocycles. The molecular formula is C15H24ClN3O2. The van der Waals surface area contributed by atoms with E-state index in [0.717, 1.165) is 37.3 Å². The normalized spacial score (nSPS) is 23.4. The van der Waals surface area contributed by atoms with E-state index in [2.05, 4.69) is 10.00 Å². The molecule has 0 bridgehead atoms. The lowest BCUT2D eigenvalue weighted by atomic mass is 9.77. The fourth-order valence-electron chi connectivity index (χ4n) is 3.21. The van der Waals surface area contributed by atoms with Crippen LogP contribution in [-0.2, 0) is 17.9 Å². The maximum Gasteiger partial charge on any atom is 0.310 e. The zero-order valence-electron chi connectivity index (χ0n) is 13.0. The van der Waals surface area contributed by atoms with Crippen LogP contribution in [0.5, 0.6) is 0 Å². The van der Waals surface area contributed by atoms with Crippen molar-refractivity contribution in [1.82, 2.24) is 14.7 Å². The summed E-state index contributed by atoms with van der Waals surface area (Å²) in [6, 6.07) is 0. The molecule has 21 heavy (non-hydrogen) atoms. The Hall–Kier alpha value is -1.07. The predicted molar refractivity (Wildman–Crippen MR) is 82.5 cm³/mol. The number of halogens is 1. The van der Waals surface area contributed by atoms with Crippen LogP contribution in [0, 0.1) is 12.3 Å². The third-order valence-corrected chi connectivity index (χ3v) is 5.10. The number of carboxylic acid groups (broad SMARTS) is 1. The third-order valence-electron chi connectivity index (χ3n) is 4.61. The van der Waals surface area contributed by atoms with Gasteiger partial charge in [0.2, 0.25) is 0 Å². The fourth-order valence-corrected chi connectivity index (χ4v) is 3.40. The van der Waals surface area contributed by atoms with E-state index in [4.69, 9.17) is 11.6 Å². The molecular weight excluding hydrogens is 290 g/mol. The van der Waals surface area contributed by atoms with Gasteiger partial charge in [-0.05, 0) is 39.7 Å². The van der Waals surface area contributed by atoms with Crippen molar-refractivity contribution < 1.29 is 9.90 Å². The molecule has 2 heterocycles. The van der Waals surface area contributed by atoms with Gasteiger partial charge in [0.15, 0.2) is 0 Å². The van der Waals surface area contributed by atoms with Crippen LogP contribution in [0.15, 0.2) is 0 Å². The van der Waals surface area contributed by atoms with Crippen LogP contribution in [0.3, 0.4) is 0 Å². The van der Waals surface area contributed by atoms with Crippen molar-refractivity contribution in [3.63, 3.8) is 0 Å². The first kappa shape index (κ1) is 16.3. The van der Waals surface area contributed by atoms with Crippen LogP contribution in [0.2, 0.25) is 5.02 Å². The summed E-state index contributed by atoms with van der Waals surface area (Å²) < 4.78 is 1.92. The number of piperidine rings is 1. The van der Waals surface area contributed by atoms with Gasteiger partial charge < -0.3 is 5.11 Å². The minimum atomic E-state index is -0.680. The van der Waals surface area contributed by atoms with E-state index in [1.165, 1.54) is 0 Å². The Morgan fingerprint density at radius 2 is 2.19 bits per heavy atom. The van der Waals surface area contributed by atoms with Crippen molar-refractivity contribution in [2.24, 2.45) is 5.41 Å². The first-order valence-electron chi connectivity index (χ1n) is 7.61. The number of hydrogen-bond acceptors (Lipinski definition) is 3. The number of aromatic nitrogens is 2. The number of hydrogen-bond donors (Lipinski definition) is 1. The summed E-state index contributed by atoms with van der Waals surface area (Å²) in [6.45, 7) is 8.85. The lowest BCUT2D eigenvalue weighted by Crippen LogP contribution is -2.47. The van der Waals surface area contributed by atoms with Gasteiger partial charge in [0, 0.05) is 19.6 Å². The molecule has 0 radical (unpaired) electrons. The number of nitrogens with zero attached hydrogens (tertiary/aromatic N) is 3. The molecule has 1 aliphatic rings. The summed E-state index contributed by atoms with van der Waals surface area (Å²) >= 11 is 6.35. The summed E-state index contributed by atoms with van der Waals surface area (Å²) in [6.07, 6.45) is 2.34. The maximum atomic E-state index is 11.6. The van der Waals surface area contributed by atoms with Crippen molar-refractivity contribution in [2.45, 2.75) is 53.1 Å². The van der Waals surface area contributed by atoms with E-state index in [0.29, 0.717) is 24.5 Å². The Morgan fingerprint density at radius 1 is 1.48 bits per heavy atom. The second-order valence-electron chi connectivity index (χ2n) is 5.92. The molecule has 1 atom stereocenters. The molecule has 6 heteroatoms. The standard InChI is InChI=1S/C15H24ClN3O2/c1-4-15(14(20)21)7-6-8-18(10-15)9-12-13(16)11(3)17-19(12)5-2/h4-10H2,1-3H3,(H,20,21). The van der Waals surface area contributed by atoms with Gasteiger partial charge in [-0.15, -0.1) is 0 Å². The van der Waals surface area contributed by atoms with Gasteiger partial charge in [-0.3, -0.25) is 14.4 Å². The zero-order valence-corrected chi connectivity index (χ0v) is 13.8. The highest BCUT2D eigenvalue weighted by Gasteiger charge is 2.41. The summed E-state index contributed by atoms with van der Waals surface area (Å²) in [5.41, 5.74) is 1.22. The average molecular weight is 314 g/mol. The van der Waals surface area contributed by atoms with Crippen LogP contribution >= 0.6 is 11.6 Å². The van der Waals surface area contributed by atoms with Crippen LogP contribution in [-0.4, -0.2) is 38.8 Å². The average Bonchev–Trinajstić information content (AvgIpc) is 2.75. The monoisotopic (exact) mass is 313 g/mol. The smallest absolute Gasteiger partial charge is 0.310 e. The summed E-state index contributed by atoms with van der Waals surface area (Å²) in [5.74, 6) is -0.680. The lowest BCUT2D eigenvalue weighted by molar-refractivity contribution is -0.153. The van der Waals surface area contributed by atoms with Crippen molar-refractivity contribution in [3.8, 4) is 0 Å². The molecule has 1 unspecified atom stereocenters. The highest BCUT2D eigenvalue weighted by atomic mass is 35.5. The van der Waals surface area contributed by atoms with Crippen LogP contribution in [0.4, 0.5) is 0 Å². The number of aliphatic carboxylic acids is 1. The van der Waals surface area contributed by atoms with Crippen molar-refractivity contribution in [3.05, 3.63) is 16.4 Å². The number of rotatable bonds is 5. The molecule has 1 saturated heterocycles. The van der Waals surface area contributed by atoms with Gasteiger partial charge in [-0.2, -0.15) is 5.10 Å². The van der Waals surface area contributed by atoms with Crippen LogP contribution in [0.1, 0.15) is 44.5 Å². The third kappa shape index (κ3) is 3.09. The molecule has 5 nitrogen and oxygen atoms in total. The number of aryl methyl sites for hydroxylation is 2. The molecule has 0 saturated carbocycles. The summed E-state index contributed by atoms with van der Waals surface area (Å²) in [5, 5.41) is 14.7. The predicted octanol–water partition coefficient (Wildman–Crippen LogP) is 2.94. The fraction of sp³-hybridized carbons (Fsp3) is 0.733. The maximum absolute atomic E-state index is 11.6. The van der Waals surface area contributed by atoms with Crippen LogP contribution in [0.25, 0.3) is 0 Å². The summed E-state index contributed by atoms with van der Waals surface area (Å²) in [4.78, 5) is 13.8. The minimum absolute atomic E-state index is 0.586. The topological polar surface area (TPSA) is 58.4 Å². The van der Waals surface area contributed by atoms with E-state index in [9.17, 15) is 9.90 Å². The van der Waals surface area contributed by atoms with Crippen LogP contribution < -0.4 is 0 Å². The SMILES string of the molecule is CCn1nc(C)c(Cl)c1CN1CCCC(CC)(C(=O)O)C1. The van der Waals surface area contributed by atoms with Gasteiger partial charge in [0.25, 0.3) is 0 Å². The Morgan fingerprint density at radius 3 is 2.76 bits per heavy atom. The van der Waals surface area contributed by atoms with E-state index < -0.39 is 11.4 Å². The highest BCUT2D eigenvalue weighted by Crippen LogP contribution is 2.35. The molecule has 0 aromatic carbocycles. The molecule has 1 N–H and O–H groups in total. The van der Waals surface area contributed by atoms with Gasteiger partial charge in [-0.25, -0.2) is 0 Å². The first-order valence-corrected chi connectivity index (χ1v) is 7.99. The Balaban J connectivity index is 2.18. The molecule has 2 rings (SSSR count). The molecule has 0 amide bonds. The second kappa shape index (κ2) is 6.36. The minimum Gasteiger partial charge on any atom is -0.481 e. The quantitative estimate of drug-likeness (QED) is 0.908. The van der Waals surface area contributed by atoms with E-state index in [-0.39, 0.29) is 0 Å². The molecule has 1 fully saturated rings. The summed E-state index contributed by atoms with van der Waals surface area (Å²) in [7, 11) is 0. The first-order chi connectivity index (χ1) is 9.93. The van der Waals surface area contributed by atoms with Gasteiger partial charge >= 0.3 is 5.97 Å². The lowest BCUT2D eigenvalue weighted by Gasteiger charge is -2.39. The molecule has 0 aliphatic carbocycles. The van der Waals surface area contributed by atoms with Crippen molar-refractivity contribution >= 4 is 17.6 Å². The van der Waals surface area contributed by atoms with E-state index >= 15 is 0 Å². The Kier molecular flexibility index (Phi) is 4.94. The molecule has 118 valence electrons. The van der Waals surface area contributed by atoms with Crippen molar-refractivity contribution in [2.75, 3.05) is 13.1 Å². The molecule has 1 aromatic heterocycles. The van der Waals surface area contributed by atoms with Crippen molar-refractivity contribution in [1.29, 1.82) is 0 Å². The van der Waals surface area contributed by atoms with E-state index in [1.54, 1.807) is 0 Å². The van der Waals surface area contributed by atoms with Gasteiger partial charge in [0.05, 0.1) is 21.8 Å². The van der Waals surface area contributed by atoms with Gasteiger partial charge in [-0.1, -0.05) is 18.5 Å². The Labute approximate surface area is 130 Å². The largest absolute Gasteiger partial charge is 0.481 e. The molecule has 1 aromatic rings. The number of carbonyl (C=O) groups is 1. The zero-order chi connectivity index (χ0) is 15.6.